The molecule has 0 aliphatic heterocycles. The number of hydrogen-bond donors (Lipinski definition) is 3. The summed E-state index contributed by atoms with van der Waals surface area (Å²) < 4.78 is 10.8. The summed E-state index contributed by atoms with van der Waals surface area (Å²) >= 11 is 0. The zero-order chi connectivity index (χ0) is 18.2. The van der Waals surface area contributed by atoms with Gasteiger partial charge in [-0.05, 0) is 38.1 Å². The van der Waals surface area contributed by atoms with Gasteiger partial charge in [0.15, 0.2) is 17.6 Å². The molecule has 4 N–H and O–H groups in total. The van der Waals surface area contributed by atoms with Gasteiger partial charge in [-0.3, -0.25) is 20.4 Å². The molecule has 1 aromatic carbocycles. The average molecular weight is 345 g/mol. The van der Waals surface area contributed by atoms with Gasteiger partial charge in [0.05, 0.1) is 6.61 Å². The number of amides is 2. The van der Waals surface area contributed by atoms with E-state index in [1.165, 1.54) is 12.4 Å². The fourth-order valence-corrected chi connectivity index (χ4v) is 1.84. The third-order valence-electron chi connectivity index (χ3n) is 3.06. The Hall–Kier alpha value is -3.36. The average Bonchev–Trinajstić information content (AvgIpc) is 2.61. The molecule has 25 heavy (non-hydrogen) atoms. The molecule has 0 saturated carbocycles. The lowest BCUT2D eigenvalue weighted by Crippen LogP contribution is -2.47. The second-order valence-electron chi connectivity index (χ2n) is 4.90. The van der Waals surface area contributed by atoms with Crippen LogP contribution in [0.4, 0.5) is 5.82 Å². The highest BCUT2D eigenvalue weighted by molar-refractivity contribution is 5.97. The standard InChI is InChI=1S/C16H19N5O4/c1-3-24-11-4-6-12(7-5-11)25-10(2)15(22)20-21-16(23)13-14(17)19-9-8-18-13/h4-10H,3H2,1-2H3,(H2,17,19)(H,20,22)(H,21,23). The Morgan fingerprint density at radius 3 is 2.40 bits per heavy atom. The monoisotopic (exact) mass is 345 g/mol. The Balaban J connectivity index is 1.85. The van der Waals surface area contributed by atoms with Gasteiger partial charge >= 0.3 is 0 Å². The van der Waals surface area contributed by atoms with Gasteiger partial charge in [0.1, 0.15) is 11.5 Å². The topological polar surface area (TPSA) is 128 Å². The molecule has 0 radical (unpaired) electrons. The van der Waals surface area contributed by atoms with Crippen molar-refractivity contribution in [3.63, 3.8) is 0 Å². The number of nitrogens with one attached hydrogen (secondary N) is 2. The van der Waals surface area contributed by atoms with Crippen LogP contribution in [0.15, 0.2) is 36.7 Å². The molecular weight excluding hydrogens is 326 g/mol. The van der Waals surface area contributed by atoms with E-state index in [9.17, 15) is 9.59 Å². The fraction of sp³-hybridized carbons (Fsp3) is 0.250. The summed E-state index contributed by atoms with van der Waals surface area (Å²) in [6, 6.07) is 6.85. The lowest BCUT2D eigenvalue weighted by Gasteiger charge is -2.15. The van der Waals surface area contributed by atoms with E-state index in [2.05, 4.69) is 20.8 Å². The van der Waals surface area contributed by atoms with Crippen LogP contribution in [-0.2, 0) is 4.79 Å². The molecule has 9 heteroatoms. The molecule has 0 fully saturated rings. The third-order valence-corrected chi connectivity index (χ3v) is 3.06. The molecule has 2 amide bonds. The number of anilines is 1. The second kappa shape index (κ2) is 8.48. The van der Waals surface area contributed by atoms with E-state index in [0.717, 1.165) is 0 Å². The quantitative estimate of drug-likeness (QED) is 0.657. The first kappa shape index (κ1) is 18.0. The molecule has 0 saturated heterocycles. The maximum atomic E-state index is 12.0. The Bertz CT molecular complexity index is 736. The first-order chi connectivity index (χ1) is 12.0. The minimum Gasteiger partial charge on any atom is -0.494 e. The van der Waals surface area contributed by atoms with E-state index in [0.29, 0.717) is 18.1 Å². The molecule has 1 aromatic heterocycles. The number of ether oxygens (including phenoxy) is 2. The van der Waals surface area contributed by atoms with Crippen molar-refractivity contribution in [2.45, 2.75) is 20.0 Å². The minimum absolute atomic E-state index is 0.0343. The number of benzene rings is 1. The molecule has 0 aliphatic rings. The van der Waals surface area contributed by atoms with Crippen LogP contribution >= 0.6 is 0 Å². The number of hydrogen-bond acceptors (Lipinski definition) is 7. The van der Waals surface area contributed by atoms with Crippen molar-refractivity contribution in [2.24, 2.45) is 0 Å². The van der Waals surface area contributed by atoms with Gasteiger partial charge in [-0.2, -0.15) is 0 Å². The maximum absolute atomic E-state index is 12.0. The van der Waals surface area contributed by atoms with Crippen LogP contribution in [0.2, 0.25) is 0 Å². The van der Waals surface area contributed by atoms with E-state index >= 15 is 0 Å². The van der Waals surface area contributed by atoms with Crippen molar-refractivity contribution in [3.05, 3.63) is 42.4 Å². The summed E-state index contributed by atoms with van der Waals surface area (Å²) in [6.45, 7) is 4.00. The summed E-state index contributed by atoms with van der Waals surface area (Å²) in [5, 5.41) is 0. The van der Waals surface area contributed by atoms with Crippen LogP contribution in [-0.4, -0.2) is 34.5 Å². The van der Waals surface area contributed by atoms with Crippen molar-refractivity contribution >= 4 is 17.6 Å². The van der Waals surface area contributed by atoms with E-state index < -0.39 is 17.9 Å². The molecule has 1 heterocycles. The molecule has 0 spiro atoms. The van der Waals surface area contributed by atoms with Crippen LogP contribution in [0.1, 0.15) is 24.3 Å². The number of carbonyl (C=O) groups is 2. The van der Waals surface area contributed by atoms with Gasteiger partial charge in [0, 0.05) is 12.4 Å². The van der Waals surface area contributed by atoms with Gasteiger partial charge in [-0.1, -0.05) is 0 Å². The molecular formula is C16H19N5O4. The van der Waals surface area contributed by atoms with Crippen molar-refractivity contribution in [1.29, 1.82) is 0 Å². The Morgan fingerprint density at radius 1 is 1.12 bits per heavy atom. The molecule has 2 aromatic rings. The van der Waals surface area contributed by atoms with Gasteiger partial charge < -0.3 is 15.2 Å². The Morgan fingerprint density at radius 2 is 1.76 bits per heavy atom. The highest BCUT2D eigenvalue weighted by Gasteiger charge is 2.17. The van der Waals surface area contributed by atoms with Crippen molar-refractivity contribution in [2.75, 3.05) is 12.3 Å². The molecule has 0 bridgehead atoms. The molecule has 132 valence electrons. The number of nitrogens with zero attached hydrogens (tertiary/aromatic N) is 2. The van der Waals surface area contributed by atoms with E-state index in [1.807, 2.05) is 6.92 Å². The summed E-state index contributed by atoms with van der Waals surface area (Å²) in [6.07, 6.45) is 1.85. The Kier molecular flexibility index (Phi) is 6.10. The fourth-order valence-electron chi connectivity index (χ4n) is 1.84. The predicted octanol–water partition coefficient (Wildman–Crippen LogP) is 0.686. The van der Waals surface area contributed by atoms with Crippen molar-refractivity contribution in [3.8, 4) is 11.5 Å². The number of hydrazine groups is 1. The van der Waals surface area contributed by atoms with Gasteiger partial charge in [0.25, 0.3) is 11.8 Å². The van der Waals surface area contributed by atoms with Crippen molar-refractivity contribution in [1.82, 2.24) is 20.8 Å². The van der Waals surface area contributed by atoms with Crippen LogP contribution in [0, 0.1) is 0 Å². The zero-order valence-electron chi connectivity index (χ0n) is 13.9. The van der Waals surface area contributed by atoms with E-state index in [4.69, 9.17) is 15.2 Å². The molecule has 2 rings (SSSR count). The van der Waals surface area contributed by atoms with Gasteiger partial charge in [-0.15, -0.1) is 0 Å². The van der Waals surface area contributed by atoms with Crippen molar-refractivity contribution < 1.29 is 19.1 Å². The normalized spacial score (nSPS) is 11.3. The first-order valence-electron chi connectivity index (χ1n) is 7.57. The lowest BCUT2D eigenvalue weighted by atomic mass is 10.3. The maximum Gasteiger partial charge on any atom is 0.292 e. The smallest absolute Gasteiger partial charge is 0.292 e. The minimum atomic E-state index is -0.836. The second-order valence-corrected chi connectivity index (χ2v) is 4.90. The molecule has 0 aliphatic carbocycles. The third kappa shape index (κ3) is 5.06. The summed E-state index contributed by atoms with van der Waals surface area (Å²) in [5.41, 5.74) is 9.92. The highest BCUT2D eigenvalue weighted by atomic mass is 16.5. The van der Waals surface area contributed by atoms with E-state index in [1.54, 1.807) is 31.2 Å². The largest absolute Gasteiger partial charge is 0.494 e. The SMILES string of the molecule is CCOc1ccc(OC(C)C(=O)NNC(=O)c2nccnc2N)cc1. The molecule has 9 nitrogen and oxygen atoms in total. The number of nitrogens with two attached hydrogens (primary N) is 1. The van der Waals surface area contributed by atoms with Crippen LogP contribution in [0.5, 0.6) is 11.5 Å². The highest BCUT2D eigenvalue weighted by Crippen LogP contribution is 2.18. The zero-order valence-corrected chi connectivity index (χ0v) is 13.9. The number of nitrogen functional groups attached to an aromatic ring is 1. The van der Waals surface area contributed by atoms with Crippen LogP contribution in [0.3, 0.4) is 0 Å². The number of aromatic nitrogens is 2. The van der Waals surface area contributed by atoms with Gasteiger partial charge in [-0.25, -0.2) is 9.97 Å². The lowest BCUT2D eigenvalue weighted by molar-refractivity contribution is -0.128. The van der Waals surface area contributed by atoms with E-state index in [-0.39, 0.29) is 11.5 Å². The summed E-state index contributed by atoms with van der Waals surface area (Å²) in [5.74, 6) is -0.0405. The molecule has 1 unspecified atom stereocenters. The Labute approximate surface area is 144 Å². The van der Waals surface area contributed by atoms with Crippen LogP contribution < -0.4 is 26.1 Å². The summed E-state index contributed by atoms with van der Waals surface area (Å²) in [4.78, 5) is 31.4. The number of rotatable bonds is 6. The van der Waals surface area contributed by atoms with Crippen LogP contribution in [0.25, 0.3) is 0 Å². The number of carbonyl (C=O) groups excluding carboxylic acids is 2. The first-order valence-corrected chi connectivity index (χ1v) is 7.57. The van der Waals surface area contributed by atoms with Gasteiger partial charge in [0.2, 0.25) is 0 Å². The predicted molar refractivity (Wildman–Crippen MR) is 89.8 cm³/mol. The molecule has 1 atom stereocenters. The summed E-state index contributed by atoms with van der Waals surface area (Å²) in [7, 11) is 0.